The number of unbranched alkanes of at least 4 members (excludes halogenated alkanes) is 2. The monoisotopic (exact) mass is 937 g/mol. The van der Waals surface area contributed by atoms with E-state index in [1.54, 1.807) is 14.2 Å². The molecule has 0 amide bonds. The van der Waals surface area contributed by atoms with Crippen molar-refractivity contribution >= 4 is 25.2 Å². The topological polar surface area (TPSA) is 91.6 Å². The highest BCUT2D eigenvalue weighted by Crippen LogP contribution is 2.47. The first-order chi connectivity index (χ1) is 30.0. The third-order valence-electron chi connectivity index (χ3n) is 13.0. The number of benzene rings is 3. The number of ether oxygens (including phenoxy) is 3. The zero-order valence-electron chi connectivity index (χ0n) is 42.6. The minimum atomic E-state index is -2.19. The van der Waals surface area contributed by atoms with Crippen LogP contribution >= 0.6 is 8.53 Å². The van der Waals surface area contributed by atoms with Gasteiger partial charge in [0.15, 0.2) is 16.6 Å². The van der Waals surface area contributed by atoms with E-state index in [1.165, 1.54) is 0 Å². The first kappa shape index (κ1) is 55.7. The van der Waals surface area contributed by atoms with E-state index in [0.717, 1.165) is 66.7 Å². The van der Waals surface area contributed by atoms with Gasteiger partial charge < -0.3 is 32.1 Å². The van der Waals surface area contributed by atoms with Crippen molar-refractivity contribution in [2.24, 2.45) is 0 Å². The highest BCUT2D eigenvalue weighted by molar-refractivity contribution is 7.44. The number of rotatable bonds is 28. The number of nitrogens with zero attached hydrogens (tertiary/aromatic N) is 2. The summed E-state index contributed by atoms with van der Waals surface area (Å²) in [6, 6.07) is 29.7. The van der Waals surface area contributed by atoms with Gasteiger partial charge in [0.2, 0.25) is 0 Å². The molecule has 0 saturated heterocycles. The van der Waals surface area contributed by atoms with Crippen LogP contribution in [0.15, 0.2) is 78.9 Å². The van der Waals surface area contributed by atoms with Gasteiger partial charge in [0.1, 0.15) is 17.1 Å². The molecule has 358 valence electrons. The van der Waals surface area contributed by atoms with Crippen molar-refractivity contribution in [3.05, 3.63) is 95.6 Å². The van der Waals surface area contributed by atoms with Crippen LogP contribution in [0.25, 0.3) is 0 Å². The molecule has 64 heavy (non-hydrogen) atoms. The molecule has 12 heteroatoms. The lowest BCUT2D eigenvalue weighted by molar-refractivity contribution is 0.00748. The van der Waals surface area contributed by atoms with Crippen LogP contribution in [0.2, 0.25) is 36.3 Å². The normalized spacial score (nSPS) is 14.5. The average molecular weight is 937 g/mol. The molecule has 3 aromatic rings. The van der Waals surface area contributed by atoms with Gasteiger partial charge in [-0.3, -0.25) is 0 Å². The van der Waals surface area contributed by atoms with Gasteiger partial charge in [-0.15, -0.1) is 0 Å². The van der Waals surface area contributed by atoms with Crippen LogP contribution in [0, 0.1) is 11.3 Å². The second-order valence-electron chi connectivity index (χ2n) is 20.6. The number of methoxy groups -OCH3 is 2. The summed E-state index contributed by atoms with van der Waals surface area (Å²) < 4.78 is 48.3. The van der Waals surface area contributed by atoms with Crippen LogP contribution < -0.4 is 9.47 Å². The molecular formula is C52H85N2O7PSi2. The fraction of sp³-hybridized carbons (Fsp3) is 0.635. The number of hydrogen-bond acceptors (Lipinski definition) is 9. The van der Waals surface area contributed by atoms with Crippen molar-refractivity contribution in [1.82, 2.24) is 4.67 Å². The molecule has 0 spiro atoms. The largest absolute Gasteiger partial charge is 0.497 e. The maximum atomic E-state index is 9.23. The van der Waals surface area contributed by atoms with Crippen molar-refractivity contribution in [3.8, 4) is 17.6 Å². The molecule has 0 aromatic heterocycles. The van der Waals surface area contributed by atoms with Crippen molar-refractivity contribution in [3.63, 3.8) is 0 Å². The van der Waals surface area contributed by atoms with Crippen LogP contribution in [0.1, 0.15) is 131 Å². The van der Waals surface area contributed by atoms with Gasteiger partial charge in [-0.25, -0.2) is 4.67 Å². The van der Waals surface area contributed by atoms with Crippen molar-refractivity contribution in [1.29, 1.82) is 5.26 Å². The fourth-order valence-corrected chi connectivity index (χ4v) is 11.8. The van der Waals surface area contributed by atoms with E-state index in [0.29, 0.717) is 26.2 Å². The molecule has 0 aliphatic carbocycles. The summed E-state index contributed by atoms with van der Waals surface area (Å²) in [6.45, 7) is 33.5. The third kappa shape index (κ3) is 15.7. The molecule has 0 bridgehead atoms. The smallest absolute Gasteiger partial charge is 0.259 e. The predicted octanol–water partition coefficient (Wildman–Crippen LogP) is 14.4. The highest BCUT2D eigenvalue weighted by atomic mass is 31.2. The molecule has 0 N–H and O–H groups in total. The Kier molecular flexibility index (Phi) is 22.2. The summed E-state index contributed by atoms with van der Waals surface area (Å²) >= 11 is 0. The molecule has 3 rings (SSSR count). The van der Waals surface area contributed by atoms with Crippen LogP contribution in [-0.2, 0) is 28.2 Å². The Morgan fingerprint density at radius 3 is 1.44 bits per heavy atom. The summed E-state index contributed by atoms with van der Waals surface area (Å²) in [5, 5.41) is 9.31. The van der Waals surface area contributed by atoms with Crippen LogP contribution in [0.4, 0.5) is 0 Å². The summed E-state index contributed by atoms with van der Waals surface area (Å²) in [5.74, 6) is 1.60. The van der Waals surface area contributed by atoms with Crippen LogP contribution in [-0.4, -0.2) is 79.6 Å². The molecule has 0 aliphatic rings. The Morgan fingerprint density at radius 2 is 1.02 bits per heavy atom. The summed E-state index contributed by atoms with van der Waals surface area (Å²) in [4.78, 5) is 0. The SMILES string of the molecule is COc1ccc(C(OCCCCCC(O[Si](C)(C)C(C)(C)C)C(CCCOP(OCCC#N)N(C(C)C)C(C)C)O[Si](C)(C)C(C)(C)C)(c2ccccc2)c2ccc(OC)cc2)cc1. The van der Waals surface area contributed by atoms with E-state index in [-0.39, 0.29) is 34.4 Å². The van der Waals surface area contributed by atoms with Gasteiger partial charge in [-0.05, 0) is 131 Å². The molecule has 0 heterocycles. The molecule has 0 radical (unpaired) electrons. The standard InChI is InChI=1S/C52H85N2O7PSi2/c1-41(2)54(42(3)4)62(59-40-24-37-53)58-39-23-28-49(61-64(15,16)51(8,9)10)48(60-63(13,14)50(5,6)7)27-21-18-22-38-57-52(43-25-19-17-20-26-43,44-29-33-46(55-11)34-30-44)45-31-35-47(56-12)36-32-45/h17,19-20,25-26,29-36,41-42,48-49H,18,21-24,27-28,38-40H2,1-16H3. The Bertz CT molecular complexity index is 1750. The lowest BCUT2D eigenvalue weighted by Crippen LogP contribution is -2.52. The highest BCUT2D eigenvalue weighted by Gasteiger charge is 2.45. The second-order valence-corrected chi connectivity index (χ2v) is 31.5. The maximum absolute atomic E-state index is 9.23. The average Bonchev–Trinajstić information content (AvgIpc) is 3.23. The number of nitriles is 1. The zero-order chi connectivity index (χ0) is 47.8. The molecule has 0 aliphatic heterocycles. The van der Waals surface area contributed by atoms with E-state index in [1.807, 2.05) is 30.3 Å². The number of hydrogen-bond donors (Lipinski definition) is 0. The Labute approximate surface area is 393 Å². The first-order valence-electron chi connectivity index (χ1n) is 23.6. The lowest BCUT2D eigenvalue weighted by Gasteiger charge is -2.45. The van der Waals surface area contributed by atoms with Gasteiger partial charge >= 0.3 is 0 Å². The van der Waals surface area contributed by atoms with Gasteiger partial charge in [0.05, 0.1) is 52.1 Å². The second kappa shape index (κ2) is 25.5. The molecular weight excluding hydrogens is 852 g/mol. The van der Waals surface area contributed by atoms with E-state index >= 15 is 0 Å². The van der Waals surface area contributed by atoms with Crippen LogP contribution in [0.3, 0.4) is 0 Å². The van der Waals surface area contributed by atoms with Crippen molar-refractivity contribution < 1.29 is 32.1 Å². The zero-order valence-corrected chi connectivity index (χ0v) is 45.5. The molecule has 0 saturated carbocycles. The third-order valence-corrected chi connectivity index (χ3v) is 24.2. The van der Waals surface area contributed by atoms with E-state index < -0.39 is 30.8 Å². The van der Waals surface area contributed by atoms with E-state index in [4.69, 9.17) is 32.1 Å². The van der Waals surface area contributed by atoms with E-state index in [2.05, 4.69) is 155 Å². The van der Waals surface area contributed by atoms with Gasteiger partial charge in [0, 0.05) is 18.7 Å². The molecule has 3 unspecified atom stereocenters. The minimum absolute atomic E-state index is 0.0393. The summed E-state index contributed by atoms with van der Waals surface area (Å²) in [6.07, 6.45) is 5.57. The Hall–Kier alpha value is -2.63. The Balaban J connectivity index is 1.90. The van der Waals surface area contributed by atoms with Crippen molar-refractivity contribution in [2.45, 2.75) is 180 Å². The fourth-order valence-electron chi connectivity index (χ4n) is 7.42. The molecule has 3 atom stereocenters. The summed E-state index contributed by atoms with van der Waals surface area (Å²) in [5.41, 5.74) is 2.28. The van der Waals surface area contributed by atoms with Gasteiger partial charge in [-0.1, -0.05) is 109 Å². The Morgan fingerprint density at radius 1 is 0.578 bits per heavy atom. The van der Waals surface area contributed by atoms with Crippen LogP contribution in [0.5, 0.6) is 11.5 Å². The molecule has 9 nitrogen and oxygen atoms in total. The molecule has 3 aromatic carbocycles. The predicted molar refractivity (Wildman–Crippen MR) is 271 cm³/mol. The summed E-state index contributed by atoms with van der Waals surface area (Å²) in [7, 11) is -2.31. The van der Waals surface area contributed by atoms with Gasteiger partial charge in [0.25, 0.3) is 8.53 Å². The minimum Gasteiger partial charge on any atom is -0.497 e. The van der Waals surface area contributed by atoms with Gasteiger partial charge in [-0.2, -0.15) is 5.26 Å². The van der Waals surface area contributed by atoms with E-state index in [9.17, 15) is 5.26 Å². The first-order valence-corrected chi connectivity index (χ1v) is 30.5. The van der Waals surface area contributed by atoms with Crippen molar-refractivity contribution in [2.75, 3.05) is 34.0 Å². The maximum Gasteiger partial charge on any atom is 0.259 e. The molecule has 0 fully saturated rings. The quantitative estimate of drug-likeness (QED) is 0.0305. The lowest BCUT2D eigenvalue weighted by atomic mass is 9.80.